The topological polar surface area (TPSA) is 83.0 Å². The predicted molar refractivity (Wildman–Crippen MR) is 119 cm³/mol. The van der Waals surface area contributed by atoms with Crippen LogP contribution in [0.15, 0.2) is 71.7 Å². The Bertz CT molecular complexity index is 1020. The van der Waals surface area contributed by atoms with Crippen LogP contribution in [0.4, 0.5) is 14.5 Å². The van der Waals surface area contributed by atoms with Crippen molar-refractivity contribution in [1.82, 2.24) is 10.2 Å². The summed E-state index contributed by atoms with van der Waals surface area (Å²) in [4.78, 5) is 28.9. The lowest BCUT2D eigenvalue weighted by Gasteiger charge is -2.23. The molecule has 0 spiro atoms. The molecule has 0 radical (unpaired) electrons. The average Bonchev–Trinajstić information content (AvgIpc) is 2.78. The number of hydrogen-bond acceptors (Lipinski definition) is 5. The number of benzene rings is 2. The van der Waals surface area contributed by atoms with Crippen LogP contribution in [-0.4, -0.2) is 37.2 Å². The van der Waals surface area contributed by atoms with Crippen molar-refractivity contribution in [3.63, 3.8) is 0 Å². The number of allylic oxidation sites excluding steroid dienone is 1. The number of carbonyl (C=O) groups excluding carboxylic acids is 2. The van der Waals surface area contributed by atoms with Crippen molar-refractivity contribution in [2.45, 2.75) is 13.5 Å². The first kappa shape index (κ1) is 24.3. The Morgan fingerprint density at radius 2 is 1.91 bits per heavy atom. The van der Waals surface area contributed by atoms with Crippen LogP contribution in [0, 0.1) is 11.6 Å². The lowest BCUT2D eigenvalue weighted by Crippen LogP contribution is -2.26. The molecular weight excluding hydrogens is 418 g/mol. The second-order valence-electron chi connectivity index (χ2n) is 6.57. The van der Waals surface area contributed by atoms with Gasteiger partial charge in [0.2, 0.25) is 5.76 Å². The molecule has 0 aromatic heterocycles. The molecule has 0 aliphatic carbocycles. The Morgan fingerprint density at radius 3 is 2.53 bits per heavy atom. The minimum Gasteiger partial charge on any atom is -0.490 e. The molecule has 2 rings (SSSR count). The molecule has 9 heteroatoms. The number of nitrogens with one attached hydrogen (secondary N) is 2. The maximum absolute atomic E-state index is 13.6. The molecule has 2 aromatic rings. The zero-order chi connectivity index (χ0) is 23.5. The van der Waals surface area contributed by atoms with E-state index < -0.39 is 17.5 Å². The van der Waals surface area contributed by atoms with Gasteiger partial charge in [-0.05, 0) is 55.7 Å². The first-order valence-corrected chi connectivity index (χ1v) is 9.58. The SMILES string of the molecule is C=NC(=O)/C(=C\N(CNc1cccc(C(=O)N/C=C\C)c1)Cc1cc(F)cc(F)c1)OC. The number of carbonyl (C=O) groups is 2. The van der Waals surface area contributed by atoms with E-state index in [1.807, 2.05) is 0 Å². The third-order valence-corrected chi connectivity index (χ3v) is 4.17. The third kappa shape index (κ3) is 7.35. The van der Waals surface area contributed by atoms with E-state index in [-0.39, 0.29) is 24.9 Å². The normalized spacial score (nSPS) is 11.2. The Labute approximate surface area is 185 Å². The Hall–Kier alpha value is -4.01. The van der Waals surface area contributed by atoms with Gasteiger partial charge in [0.05, 0.1) is 13.8 Å². The van der Waals surface area contributed by atoms with Gasteiger partial charge in [0.15, 0.2) is 0 Å². The van der Waals surface area contributed by atoms with Gasteiger partial charge in [0.25, 0.3) is 5.91 Å². The fraction of sp³-hybridized carbons (Fsp3) is 0.174. The van der Waals surface area contributed by atoms with E-state index in [2.05, 4.69) is 22.3 Å². The van der Waals surface area contributed by atoms with Crippen LogP contribution in [-0.2, 0) is 16.1 Å². The van der Waals surface area contributed by atoms with Gasteiger partial charge in [-0.15, -0.1) is 0 Å². The summed E-state index contributed by atoms with van der Waals surface area (Å²) in [5.41, 5.74) is 1.40. The van der Waals surface area contributed by atoms with Crippen LogP contribution < -0.4 is 10.6 Å². The zero-order valence-corrected chi connectivity index (χ0v) is 17.8. The quantitative estimate of drug-likeness (QED) is 0.253. The van der Waals surface area contributed by atoms with Crippen molar-refractivity contribution >= 4 is 24.2 Å². The third-order valence-electron chi connectivity index (χ3n) is 4.17. The lowest BCUT2D eigenvalue weighted by atomic mass is 10.2. The Balaban J connectivity index is 2.24. The minimum absolute atomic E-state index is 0.0560. The fourth-order valence-electron chi connectivity index (χ4n) is 2.73. The molecule has 0 aliphatic rings. The van der Waals surface area contributed by atoms with E-state index in [1.165, 1.54) is 31.6 Å². The molecule has 7 nitrogen and oxygen atoms in total. The molecule has 2 aromatic carbocycles. The van der Waals surface area contributed by atoms with Crippen LogP contribution in [0.3, 0.4) is 0 Å². The van der Waals surface area contributed by atoms with Crippen molar-refractivity contribution in [3.05, 3.63) is 89.5 Å². The van der Waals surface area contributed by atoms with E-state index in [0.29, 0.717) is 16.8 Å². The summed E-state index contributed by atoms with van der Waals surface area (Å²) < 4.78 is 32.3. The molecule has 2 N–H and O–H groups in total. The number of nitrogens with zero attached hydrogens (tertiary/aromatic N) is 2. The number of ether oxygens (including phenoxy) is 1. The molecule has 0 fully saturated rings. The van der Waals surface area contributed by atoms with E-state index in [9.17, 15) is 18.4 Å². The number of hydrogen-bond donors (Lipinski definition) is 2. The second-order valence-corrected chi connectivity index (χ2v) is 6.57. The highest BCUT2D eigenvalue weighted by molar-refractivity contribution is 5.95. The number of methoxy groups -OCH3 is 1. The number of amides is 2. The van der Waals surface area contributed by atoms with Crippen molar-refractivity contribution in [3.8, 4) is 0 Å². The summed E-state index contributed by atoms with van der Waals surface area (Å²) >= 11 is 0. The zero-order valence-electron chi connectivity index (χ0n) is 17.8. The lowest BCUT2D eigenvalue weighted by molar-refractivity contribution is -0.117. The van der Waals surface area contributed by atoms with Gasteiger partial charge in [-0.3, -0.25) is 9.59 Å². The molecule has 32 heavy (non-hydrogen) atoms. The highest BCUT2D eigenvalue weighted by Crippen LogP contribution is 2.15. The van der Waals surface area contributed by atoms with Gasteiger partial charge in [-0.1, -0.05) is 12.1 Å². The second kappa shape index (κ2) is 12.0. The van der Waals surface area contributed by atoms with Gasteiger partial charge in [-0.25, -0.2) is 13.8 Å². The van der Waals surface area contributed by atoms with Crippen molar-refractivity contribution in [2.75, 3.05) is 19.1 Å². The molecule has 0 atom stereocenters. The van der Waals surface area contributed by atoms with E-state index in [0.717, 1.165) is 6.07 Å². The number of anilines is 1. The molecule has 0 bridgehead atoms. The fourth-order valence-corrected chi connectivity index (χ4v) is 2.73. The van der Waals surface area contributed by atoms with Gasteiger partial charge >= 0.3 is 5.91 Å². The summed E-state index contributed by atoms with van der Waals surface area (Å²) in [5.74, 6) is -2.49. The summed E-state index contributed by atoms with van der Waals surface area (Å²) in [6.07, 6.45) is 4.60. The van der Waals surface area contributed by atoms with Crippen molar-refractivity contribution in [1.29, 1.82) is 0 Å². The Kier molecular flexibility index (Phi) is 9.09. The molecule has 0 saturated carbocycles. The van der Waals surface area contributed by atoms with Gasteiger partial charge < -0.3 is 20.3 Å². The standard InChI is InChI=1S/C23H24F2N4O3/c1-4-8-27-22(30)17-6-5-7-20(11-17)28-15-29(14-21(32-3)23(31)26-2)13-16-9-18(24)12-19(25)10-16/h4-12,14,28H,2,13,15H2,1,3H3,(H,27,30)/b8-4-,21-14+. The number of rotatable bonds is 10. The highest BCUT2D eigenvalue weighted by atomic mass is 19.1. The summed E-state index contributed by atoms with van der Waals surface area (Å²) in [6.45, 7) is 5.15. The van der Waals surface area contributed by atoms with Crippen molar-refractivity contribution in [2.24, 2.45) is 4.99 Å². The monoisotopic (exact) mass is 442 g/mol. The summed E-state index contributed by atoms with van der Waals surface area (Å²) in [7, 11) is 1.30. The molecule has 168 valence electrons. The van der Waals surface area contributed by atoms with Gasteiger partial charge in [-0.2, -0.15) is 0 Å². The number of aliphatic imine (C=N–C) groups is 1. The van der Waals surface area contributed by atoms with Crippen LogP contribution in [0.25, 0.3) is 0 Å². The van der Waals surface area contributed by atoms with Crippen LogP contribution in [0.2, 0.25) is 0 Å². The largest absolute Gasteiger partial charge is 0.490 e. The summed E-state index contributed by atoms with van der Waals surface area (Å²) in [5, 5.41) is 5.74. The van der Waals surface area contributed by atoms with Crippen LogP contribution in [0.5, 0.6) is 0 Å². The molecule has 0 aliphatic heterocycles. The van der Waals surface area contributed by atoms with E-state index in [4.69, 9.17) is 4.74 Å². The van der Waals surface area contributed by atoms with E-state index in [1.54, 1.807) is 42.2 Å². The maximum Gasteiger partial charge on any atom is 0.312 e. The molecule has 0 heterocycles. The molecule has 0 unspecified atom stereocenters. The van der Waals surface area contributed by atoms with E-state index >= 15 is 0 Å². The predicted octanol–water partition coefficient (Wildman–Crippen LogP) is 3.81. The molecule has 2 amide bonds. The van der Waals surface area contributed by atoms with Crippen molar-refractivity contribution < 1.29 is 23.1 Å². The number of halogens is 2. The maximum atomic E-state index is 13.6. The first-order chi connectivity index (χ1) is 15.4. The summed E-state index contributed by atoms with van der Waals surface area (Å²) in [6, 6.07) is 9.93. The smallest absolute Gasteiger partial charge is 0.312 e. The minimum atomic E-state index is -0.715. The van der Waals surface area contributed by atoms with Gasteiger partial charge in [0, 0.05) is 30.1 Å². The highest BCUT2D eigenvalue weighted by Gasteiger charge is 2.12. The Morgan fingerprint density at radius 1 is 1.19 bits per heavy atom. The molecule has 0 saturated heterocycles. The first-order valence-electron chi connectivity index (χ1n) is 9.58. The van der Waals surface area contributed by atoms with Crippen LogP contribution >= 0.6 is 0 Å². The van der Waals surface area contributed by atoms with Gasteiger partial charge in [0.1, 0.15) is 11.6 Å². The average molecular weight is 442 g/mol. The van der Waals surface area contributed by atoms with Crippen LogP contribution in [0.1, 0.15) is 22.8 Å². The molecular formula is C23H24F2N4O3.